The molecule has 1 aromatic rings. The van der Waals surface area contributed by atoms with Crippen molar-refractivity contribution in [3.63, 3.8) is 0 Å². The normalized spacial score (nSPS) is 23.0. The molecule has 2 rings (SSSR count). The topological polar surface area (TPSA) is 71.5 Å². The number of rotatable bonds is 4. The van der Waals surface area contributed by atoms with Crippen molar-refractivity contribution in [1.82, 2.24) is 4.98 Å². The van der Waals surface area contributed by atoms with Crippen LogP contribution in [-0.2, 0) is 4.74 Å². The second kappa shape index (κ2) is 5.54. The summed E-state index contributed by atoms with van der Waals surface area (Å²) in [5.41, 5.74) is -0.131. The Hall–Kier alpha value is -1.33. The number of aromatic carboxylic acids is 1. The Balaban J connectivity index is 2.14. The van der Waals surface area contributed by atoms with Gasteiger partial charge < -0.3 is 15.2 Å². The summed E-state index contributed by atoms with van der Waals surface area (Å²) >= 11 is 5.77. The molecule has 2 N–H and O–H groups in total. The van der Waals surface area contributed by atoms with E-state index in [1.54, 1.807) is 13.2 Å². The van der Waals surface area contributed by atoms with E-state index in [1.807, 2.05) is 0 Å². The van der Waals surface area contributed by atoms with Gasteiger partial charge in [0.15, 0.2) is 5.69 Å². The smallest absolute Gasteiger partial charge is 0.356 e. The number of nitrogens with one attached hydrogen (secondary N) is 1. The Morgan fingerprint density at radius 2 is 2.33 bits per heavy atom. The van der Waals surface area contributed by atoms with E-state index >= 15 is 0 Å². The van der Waals surface area contributed by atoms with E-state index in [1.165, 1.54) is 6.07 Å². The zero-order valence-electron chi connectivity index (χ0n) is 10.0. The minimum absolute atomic E-state index is 0.131. The largest absolute Gasteiger partial charge is 0.476 e. The van der Waals surface area contributed by atoms with Gasteiger partial charge in [0.2, 0.25) is 0 Å². The van der Waals surface area contributed by atoms with Crippen molar-refractivity contribution in [3.05, 3.63) is 22.8 Å². The molecule has 2 unspecified atom stereocenters. The van der Waals surface area contributed by atoms with Gasteiger partial charge in [0.05, 0.1) is 17.2 Å². The lowest BCUT2D eigenvalue weighted by molar-refractivity contribution is 0.0691. The SMILES string of the molecule is COC1CCCC1Nc1ccc(Cl)c(C(=O)O)n1. The number of carbonyl (C=O) groups is 1. The predicted molar refractivity (Wildman–Crippen MR) is 68.3 cm³/mol. The zero-order valence-corrected chi connectivity index (χ0v) is 10.8. The molecule has 1 aromatic heterocycles. The van der Waals surface area contributed by atoms with Gasteiger partial charge >= 0.3 is 5.97 Å². The Bertz CT molecular complexity index is 453. The molecule has 0 amide bonds. The van der Waals surface area contributed by atoms with Gasteiger partial charge in [0, 0.05) is 7.11 Å². The monoisotopic (exact) mass is 270 g/mol. The van der Waals surface area contributed by atoms with E-state index < -0.39 is 5.97 Å². The summed E-state index contributed by atoms with van der Waals surface area (Å²) in [5.74, 6) is -0.607. The van der Waals surface area contributed by atoms with Crippen LogP contribution in [0, 0.1) is 0 Å². The molecule has 2 atom stereocenters. The summed E-state index contributed by atoms with van der Waals surface area (Å²) < 4.78 is 5.36. The third-order valence-electron chi connectivity index (χ3n) is 3.14. The Morgan fingerprint density at radius 1 is 1.56 bits per heavy atom. The first-order valence-electron chi connectivity index (χ1n) is 5.81. The van der Waals surface area contributed by atoms with Gasteiger partial charge in [-0.1, -0.05) is 11.6 Å². The molecule has 0 radical (unpaired) electrons. The summed E-state index contributed by atoms with van der Waals surface area (Å²) in [5, 5.41) is 12.3. The molecule has 1 aliphatic carbocycles. The number of methoxy groups -OCH3 is 1. The van der Waals surface area contributed by atoms with Crippen molar-refractivity contribution < 1.29 is 14.6 Å². The van der Waals surface area contributed by atoms with Crippen LogP contribution in [-0.4, -0.2) is 35.3 Å². The first-order valence-corrected chi connectivity index (χ1v) is 6.19. The highest BCUT2D eigenvalue weighted by Gasteiger charge is 2.27. The lowest BCUT2D eigenvalue weighted by Crippen LogP contribution is -2.30. The van der Waals surface area contributed by atoms with Crippen LogP contribution in [0.15, 0.2) is 12.1 Å². The summed E-state index contributed by atoms with van der Waals surface area (Å²) in [7, 11) is 1.68. The highest BCUT2D eigenvalue weighted by atomic mass is 35.5. The minimum Gasteiger partial charge on any atom is -0.476 e. The van der Waals surface area contributed by atoms with Crippen molar-refractivity contribution in [2.24, 2.45) is 0 Å². The second-order valence-corrected chi connectivity index (χ2v) is 4.70. The molecule has 1 aliphatic rings. The summed E-state index contributed by atoms with van der Waals surface area (Å²) in [6.07, 6.45) is 3.24. The predicted octanol–water partition coefficient (Wildman–Crippen LogP) is 2.41. The first-order chi connectivity index (χ1) is 8.61. The maximum Gasteiger partial charge on any atom is 0.356 e. The Labute approximate surface area is 110 Å². The molecule has 18 heavy (non-hydrogen) atoms. The third-order valence-corrected chi connectivity index (χ3v) is 3.44. The number of hydrogen-bond donors (Lipinski definition) is 2. The number of anilines is 1. The van der Waals surface area contributed by atoms with Gasteiger partial charge in [0.1, 0.15) is 5.82 Å². The minimum atomic E-state index is -1.13. The molecular formula is C12H15ClN2O3. The number of aromatic nitrogens is 1. The lowest BCUT2D eigenvalue weighted by atomic mass is 10.2. The number of halogens is 1. The first kappa shape index (κ1) is 13.1. The van der Waals surface area contributed by atoms with E-state index in [4.69, 9.17) is 21.4 Å². The number of pyridine rings is 1. The van der Waals surface area contributed by atoms with Gasteiger partial charge in [-0.3, -0.25) is 0 Å². The molecule has 5 nitrogen and oxygen atoms in total. The van der Waals surface area contributed by atoms with Crippen molar-refractivity contribution in [2.75, 3.05) is 12.4 Å². The molecule has 0 aliphatic heterocycles. The summed E-state index contributed by atoms with van der Waals surface area (Å²) in [6.45, 7) is 0. The van der Waals surface area contributed by atoms with Crippen LogP contribution in [0.5, 0.6) is 0 Å². The fourth-order valence-corrected chi connectivity index (χ4v) is 2.42. The Kier molecular flexibility index (Phi) is 4.04. The van der Waals surface area contributed by atoms with Crippen LogP contribution in [0.2, 0.25) is 5.02 Å². The van der Waals surface area contributed by atoms with Gasteiger partial charge in [-0.05, 0) is 31.4 Å². The van der Waals surface area contributed by atoms with Gasteiger partial charge in [0.25, 0.3) is 0 Å². The third kappa shape index (κ3) is 2.73. The maximum atomic E-state index is 10.9. The van der Waals surface area contributed by atoms with Gasteiger partial charge in [-0.2, -0.15) is 0 Å². The van der Waals surface area contributed by atoms with E-state index in [-0.39, 0.29) is 22.9 Å². The quantitative estimate of drug-likeness (QED) is 0.879. The molecule has 0 spiro atoms. The molecule has 1 fully saturated rings. The molecular weight excluding hydrogens is 256 g/mol. The number of ether oxygens (including phenoxy) is 1. The molecule has 1 saturated carbocycles. The van der Waals surface area contributed by atoms with Crippen LogP contribution in [0.3, 0.4) is 0 Å². The van der Waals surface area contributed by atoms with Crippen molar-refractivity contribution in [1.29, 1.82) is 0 Å². The summed E-state index contributed by atoms with van der Waals surface area (Å²) in [6, 6.07) is 3.39. The van der Waals surface area contributed by atoms with Crippen LogP contribution < -0.4 is 5.32 Å². The van der Waals surface area contributed by atoms with Crippen molar-refractivity contribution in [2.45, 2.75) is 31.4 Å². The molecule has 0 bridgehead atoms. The number of carboxylic acid groups (broad SMARTS) is 1. The molecule has 0 aromatic carbocycles. The maximum absolute atomic E-state index is 10.9. The van der Waals surface area contributed by atoms with E-state index in [0.717, 1.165) is 19.3 Å². The fourth-order valence-electron chi connectivity index (χ4n) is 2.24. The van der Waals surface area contributed by atoms with Crippen LogP contribution in [0.1, 0.15) is 29.8 Å². The number of hydrogen-bond acceptors (Lipinski definition) is 4. The van der Waals surface area contributed by atoms with Gasteiger partial charge in [-0.15, -0.1) is 0 Å². The number of carboxylic acids is 1. The molecule has 6 heteroatoms. The second-order valence-electron chi connectivity index (χ2n) is 4.29. The fraction of sp³-hybridized carbons (Fsp3) is 0.500. The van der Waals surface area contributed by atoms with Crippen LogP contribution >= 0.6 is 11.6 Å². The highest BCUT2D eigenvalue weighted by Crippen LogP contribution is 2.25. The van der Waals surface area contributed by atoms with Crippen LogP contribution in [0.25, 0.3) is 0 Å². The molecule has 1 heterocycles. The van der Waals surface area contributed by atoms with Crippen molar-refractivity contribution >= 4 is 23.4 Å². The number of nitrogens with zero attached hydrogens (tertiary/aromatic N) is 1. The van der Waals surface area contributed by atoms with E-state index in [0.29, 0.717) is 5.82 Å². The average molecular weight is 271 g/mol. The van der Waals surface area contributed by atoms with Crippen LogP contribution in [0.4, 0.5) is 5.82 Å². The summed E-state index contributed by atoms with van der Waals surface area (Å²) in [4.78, 5) is 14.9. The van der Waals surface area contributed by atoms with E-state index in [9.17, 15) is 4.79 Å². The zero-order chi connectivity index (χ0) is 13.1. The van der Waals surface area contributed by atoms with E-state index in [2.05, 4.69) is 10.3 Å². The van der Waals surface area contributed by atoms with Gasteiger partial charge in [-0.25, -0.2) is 9.78 Å². The Morgan fingerprint density at radius 3 is 3.00 bits per heavy atom. The van der Waals surface area contributed by atoms with Crippen molar-refractivity contribution in [3.8, 4) is 0 Å². The standard InChI is InChI=1S/C12H15ClN2O3/c1-18-9-4-2-3-8(9)14-10-6-5-7(13)11(15-10)12(16)17/h5-6,8-9H,2-4H2,1H3,(H,14,15)(H,16,17). The average Bonchev–Trinajstić information content (AvgIpc) is 2.78. The highest BCUT2D eigenvalue weighted by molar-refractivity contribution is 6.33. The molecule has 0 saturated heterocycles. The molecule has 98 valence electrons. The lowest BCUT2D eigenvalue weighted by Gasteiger charge is -2.20.